The van der Waals surface area contributed by atoms with Crippen LogP contribution in [0.25, 0.3) is 0 Å². The maximum absolute atomic E-state index is 13.2. The third-order valence-electron chi connectivity index (χ3n) is 6.42. The fourth-order valence-corrected chi connectivity index (χ4v) is 4.18. The molecule has 0 saturated carbocycles. The molecule has 3 aromatic rings. The molecule has 1 heterocycles. The van der Waals surface area contributed by atoms with Crippen LogP contribution in [0.3, 0.4) is 0 Å². The van der Waals surface area contributed by atoms with Crippen molar-refractivity contribution in [2.24, 2.45) is 5.28 Å². The van der Waals surface area contributed by atoms with Crippen LogP contribution >= 0.6 is 0 Å². The van der Waals surface area contributed by atoms with E-state index in [1.165, 1.54) is 5.01 Å². The van der Waals surface area contributed by atoms with Crippen LogP contribution < -0.4 is 4.84 Å². The number of rotatable bonds is 9. The van der Waals surface area contributed by atoms with Gasteiger partial charge < -0.3 is 10.1 Å². The first-order chi connectivity index (χ1) is 19.2. The largest absolute Gasteiger partial charge is 0.569 e. The fourth-order valence-electron chi connectivity index (χ4n) is 4.18. The molecule has 0 aromatic heterocycles. The van der Waals surface area contributed by atoms with Gasteiger partial charge >= 0.3 is 5.69 Å². The molecule has 1 fully saturated rings. The first-order valence-electron chi connectivity index (χ1n) is 12.2. The molecule has 0 radical (unpaired) electrons. The van der Waals surface area contributed by atoms with E-state index >= 15 is 0 Å². The Hall–Kier alpha value is -5.40. The number of piperazine rings is 1. The van der Waals surface area contributed by atoms with E-state index in [0.717, 1.165) is 12.1 Å². The van der Waals surface area contributed by atoms with Gasteiger partial charge in [0.15, 0.2) is 5.78 Å². The van der Waals surface area contributed by atoms with Gasteiger partial charge in [-0.2, -0.15) is 0 Å². The number of ketones is 1. The summed E-state index contributed by atoms with van der Waals surface area (Å²) in [6.07, 6.45) is 0. The number of non-ortho nitro benzene ring substituents is 1. The normalized spacial score (nSPS) is 14.4. The predicted molar refractivity (Wildman–Crippen MR) is 139 cm³/mol. The second kappa shape index (κ2) is 12.0. The molecule has 1 aliphatic heterocycles. The number of nitrogens with zero attached hydrogens (tertiary/aromatic N) is 6. The lowest BCUT2D eigenvalue weighted by Crippen LogP contribution is -2.51. The van der Waals surface area contributed by atoms with Crippen molar-refractivity contribution in [3.63, 3.8) is 0 Å². The van der Waals surface area contributed by atoms with Crippen molar-refractivity contribution >= 4 is 23.1 Å². The number of hydrogen-bond acceptors (Lipinski definition) is 9. The highest BCUT2D eigenvalue weighted by Gasteiger charge is 2.29. The van der Waals surface area contributed by atoms with Gasteiger partial charge in [0.2, 0.25) is 16.9 Å². The molecule has 3 aromatic carbocycles. The molecule has 1 saturated heterocycles. The first kappa shape index (κ1) is 27.6. The summed E-state index contributed by atoms with van der Waals surface area (Å²) >= 11 is 0. The van der Waals surface area contributed by atoms with E-state index in [0.29, 0.717) is 22.8 Å². The van der Waals surface area contributed by atoms with Gasteiger partial charge in [0.05, 0.1) is 39.9 Å². The van der Waals surface area contributed by atoms with Crippen LogP contribution in [0.1, 0.15) is 34.3 Å². The van der Waals surface area contributed by atoms with Gasteiger partial charge in [0.25, 0.3) is 5.69 Å². The number of hydrogen-bond donors (Lipinski definition) is 0. The van der Waals surface area contributed by atoms with Gasteiger partial charge in [-0.25, -0.2) is 0 Å². The number of benzene rings is 3. The molecule has 0 bridgehead atoms. The monoisotopic (exact) mass is 548 g/mol. The maximum Gasteiger partial charge on any atom is 0.321 e. The minimum absolute atomic E-state index is 0.115. The van der Waals surface area contributed by atoms with Crippen LogP contribution in [0.15, 0.2) is 78.1 Å². The minimum Gasteiger partial charge on any atom is -0.569 e. The average Bonchev–Trinajstić information content (AvgIpc) is 2.99. The number of hydrazine groups is 1. The lowest BCUT2D eigenvalue weighted by atomic mass is 9.94. The molecule has 1 aliphatic rings. The number of carbonyl (C=O) groups excluding carboxylic acids is 2. The van der Waals surface area contributed by atoms with Crippen LogP contribution in [-0.4, -0.2) is 62.6 Å². The molecule has 1 amide bonds. The van der Waals surface area contributed by atoms with Crippen molar-refractivity contribution in [2.75, 3.05) is 26.2 Å². The molecule has 0 N–H and O–H groups in total. The van der Waals surface area contributed by atoms with Crippen LogP contribution in [0.4, 0.5) is 11.4 Å². The second-order valence-electron chi connectivity index (χ2n) is 8.91. The van der Waals surface area contributed by atoms with Crippen LogP contribution in [0.2, 0.25) is 0 Å². The summed E-state index contributed by atoms with van der Waals surface area (Å²) in [5.41, 5.74) is 0.486. The number of carbonyl (C=O) groups is 2. The Morgan fingerprint density at radius 2 is 1.52 bits per heavy atom. The molecular formula is C26H24N6O8. The van der Waals surface area contributed by atoms with Gasteiger partial charge in [0.1, 0.15) is 0 Å². The van der Waals surface area contributed by atoms with Crippen molar-refractivity contribution < 1.29 is 29.2 Å². The molecule has 40 heavy (non-hydrogen) atoms. The molecule has 0 spiro atoms. The molecule has 14 heteroatoms. The highest BCUT2D eigenvalue weighted by Crippen LogP contribution is 2.31. The number of amides is 1. The van der Waals surface area contributed by atoms with Crippen molar-refractivity contribution in [1.82, 2.24) is 9.91 Å². The molecular weight excluding hydrogens is 524 g/mol. The van der Waals surface area contributed by atoms with Gasteiger partial charge in [0, 0.05) is 30.3 Å². The lowest BCUT2D eigenvalue weighted by molar-refractivity contribution is -0.708. The van der Waals surface area contributed by atoms with Crippen molar-refractivity contribution in [3.8, 4) is 5.75 Å². The Kier molecular flexibility index (Phi) is 8.27. The van der Waals surface area contributed by atoms with Crippen molar-refractivity contribution in [1.29, 1.82) is 0 Å². The van der Waals surface area contributed by atoms with Crippen LogP contribution in [-0.2, 0) is 4.79 Å². The fraction of sp³-hybridized carbons (Fsp3) is 0.231. The Morgan fingerprint density at radius 3 is 2.17 bits per heavy atom. The summed E-state index contributed by atoms with van der Waals surface area (Å²) in [5, 5.41) is 39.1. The summed E-state index contributed by atoms with van der Waals surface area (Å²) in [4.78, 5) is 53.0. The summed E-state index contributed by atoms with van der Waals surface area (Å²) in [7, 11) is 0. The third kappa shape index (κ3) is 6.18. The van der Waals surface area contributed by atoms with E-state index < -0.39 is 32.9 Å². The summed E-state index contributed by atoms with van der Waals surface area (Å²) in [6.45, 7) is 2.39. The number of nitro benzene ring substituents is 2. The standard InChI is InChI=1S/C26H24N6O8/c1-18(20-8-5-9-21(16-20)25(33)19-6-3-2-4-7-19)26(34)28-12-14-29(15-13-28)32(39)27-40-24-11-10-22(30(35)36)17-23(24)31(37)38/h2-11,16-18H,12-15H2,1H3/b32-27-. The lowest BCUT2D eigenvalue weighted by Gasteiger charge is -2.33. The minimum atomic E-state index is -0.883. The molecule has 1 atom stereocenters. The summed E-state index contributed by atoms with van der Waals surface area (Å²) in [5.74, 6) is -1.28. The quantitative estimate of drug-likeness (QED) is 0.126. The zero-order chi connectivity index (χ0) is 28.8. The van der Waals surface area contributed by atoms with Crippen molar-refractivity contribution in [3.05, 3.63) is 115 Å². The van der Waals surface area contributed by atoms with E-state index in [4.69, 9.17) is 4.84 Å². The van der Waals surface area contributed by atoms with E-state index in [1.807, 2.05) is 6.07 Å². The zero-order valence-corrected chi connectivity index (χ0v) is 21.3. The summed E-state index contributed by atoms with van der Waals surface area (Å²) in [6, 6.07) is 18.5. The smallest absolute Gasteiger partial charge is 0.321 e. The van der Waals surface area contributed by atoms with Gasteiger partial charge in [-0.3, -0.25) is 34.7 Å². The predicted octanol–water partition coefficient (Wildman–Crippen LogP) is 3.85. The van der Waals surface area contributed by atoms with Gasteiger partial charge in [-0.15, -0.1) is 5.01 Å². The Balaban J connectivity index is 1.37. The third-order valence-corrected chi connectivity index (χ3v) is 6.42. The number of nitro groups is 2. The van der Waals surface area contributed by atoms with Gasteiger partial charge in [-0.1, -0.05) is 48.5 Å². The van der Waals surface area contributed by atoms with Crippen molar-refractivity contribution in [2.45, 2.75) is 12.8 Å². The van der Waals surface area contributed by atoms with Crippen LogP contribution in [0.5, 0.6) is 5.75 Å². The molecule has 4 rings (SSSR count). The Bertz CT molecular complexity index is 1470. The zero-order valence-electron chi connectivity index (χ0n) is 21.3. The average molecular weight is 549 g/mol. The van der Waals surface area contributed by atoms with Crippen LogP contribution in [0, 0.1) is 25.4 Å². The highest BCUT2D eigenvalue weighted by molar-refractivity contribution is 6.09. The molecule has 14 nitrogen and oxygen atoms in total. The van der Waals surface area contributed by atoms with E-state index in [2.05, 4.69) is 5.28 Å². The van der Waals surface area contributed by atoms with E-state index in [1.54, 1.807) is 60.4 Å². The SMILES string of the molecule is CC(C(=O)N1CCN(/[N+]([O-])=N/Oc2ccc([N+](=O)[O-])cc2[N+](=O)[O-])CC1)c1cccc(C(=O)c2ccccc2)c1. The topological polar surface area (TPSA) is 175 Å². The molecule has 1 unspecified atom stereocenters. The van der Waals surface area contributed by atoms with Gasteiger partial charge in [-0.05, 0) is 24.6 Å². The second-order valence-corrected chi connectivity index (χ2v) is 8.91. The Labute approximate surface area is 227 Å². The Morgan fingerprint density at radius 1 is 0.850 bits per heavy atom. The van der Waals surface area contributed by atoms with E-state index in [9.17, 15) is 35.0 Å². The maximum atomic E-state index is 13.2. The highest BCUT2D eigenvalue weighted by atomic mass is 16.7. The summed E-state index contributed by atoms with van der Waals surface area (Å²) < 4.78 is 0. The van der Waals surface area contributed by atoms with E-state index in [-0.39, 0.29) is 42.8 Å². The molecule has 206 valence electrons. The molecule has 0 aliphatic carbocycles. The first-order valence-corrected chi connectivity index (χ1v) is 12.2.